The van der Waals surface area contributed by atoms with E-state index >= 15 is 0 Å². The zero-order chi connectivity index (χ0) is 13.2. The van der Waals surface area contributed by atoms with Gasteiger partial charge in [0, 0.05) is 10.9 Å². The van der Waals surface area contributed by atoms with Crippen LogP contribution in [0.3, 0.4) is 0 Å². The topological polar surface area (TPSA) is 26.0 Å². The Morgan fingerprint density at radius 3 is 2.18 bits per heavy atom. The van der Waals surface area contributed by atoms with E-state index in [1.54, 1.807) is 0 Å². The van der Waals surface area contributed by atoms with E-state index in [2.05, 4.69) is 0 Å². The van der Waals surface area contributed by atoms with E-state index in [4.69, 9.17) is 5.73 Å². The van der Waals surface area contributed by atoms with Crippen LogP contribution in [0.2, 0.25) is 0 Å². The zero-order valence-corrected chi connectivity index (χ0v) is 9.58. The minimum atomic E-state index is -4.50. The average Bonchev–Trinajstić information content (AvgIpc) is 2.17. The molecule has 0 radical (unpaired) electrons. The summed E-state index contributed by atoms with van der Waals surface area (Å²) in [5.41, 5.74) is 5.23. The second-order valence-corrected chi connectivity index (χ2v) is 4.73. The molecule has 1 aromatic rings. The second kappa shape index (κ2) is 5.22. The molecule has 0 heterocycles. The Bertz CT molecular complexity index is 391. The Kier molecular flexibility index (Phi) is 4.37. The first-order valence-electron chi connectivity index (χ1n) is 4.66. The number of hydrogen-bond acceptors (Lipinski definition) is 2. The molecule has 17 heavy (non-hydrogen) atoms. The molecular weight excluding hydrogens is 261 g/mol. The lowest BCUT2D eigenvalue weighted by molar-refractivity contribution is -0.131. The maximum Gasteiger partial charge on any atom is 0.402 e. The van der Waals surface area contributed by atoms with Gasteiger partial charge in [0.25, 0.3) is 0 Å². The number of nitrogens with two attached hydrogens (primary N) is 1. The van der Waals surface area contributed by atoms with Crippen molar-refractivity contribution >= 4 is 11.8 Å². The Balaban J connectivity index is 2.91. The van der Waals surface area contributed by atoms with Crippen molar-refractivity contribution < 1.29 is 22.0 Å². The highest BCUT2D eigenvalue weighted by Gasteiger charge is 2.42. The van der Waals surface area contributed by atoms with Crippen molar-refractivity contribution in [3.05, 3.63) is 29.8 Å². The number of halogens is 5. The van der Waals surface area contributed by atoms with Gasteiger partial charge in [0.2, 0.25) is 0 Å². The van der Waals surface area contributed by atoms with Crippen molar-refractivity contribution in [3.63, 3.8) is 0 Å². The molecule has 0 bridgehead atoms. The van der Waals surface area contributed by atoms with Crippen LogP contribution in [0.1, 0.15) is 6.92 Å². The predicted octanol–water partition coefficient (Wildman–Crippen LogP) is 3.34. The molecular formula is C10H10F5NS. The molecule has 1 nitrogen and oxygen atoms in total. The van der Waals surface area contributed by atoms with Gasteiger partial charge in [-0.05, 0) is 25.1 Å². The van der Waals surface area contributed by atoms with Crippen molar-refractivity contribution in [2.45, 2.75) is 29.3 Å². The van der Waals surface area contributed by atoms with Crippen molar-refractivity contribution in [2.24, 2.45) is 5.73 Å². The number of rotatable bonds is 3. The van der Waals surface area contributed by atoms with E-state index in [9.17, 15) is 22.0 Å². The second-order valence-electron chi connectivity index (χ2n) is 3.52. The number of hydrogen-bond donors (Lipinski definition) is 1. The molecule has 0 saturated carbocycles. The molecule has 1 rings (SSSR count). The molecule has 0 aliphatic rings. The zero-order valence-electron chi connectivity index (χ0n) is 8.76. The molecule has 2 unspecified atom stereocenters. The van der Waals surface area contributed by atoms with Crippen LogP contribution in [0.15, 0.2) is 23.1 Å². The lowest BCUT2D eigenvalue weighted by Gasteiger charge is -2.23. The van der Waals surface area contributed by atoms with Gasteiger partial charge in [-0.1, -0.05) is 0 Å². The fourth-order valence-corrected chi connectivity index (χ4v) is 2.13. The van der Waals surface area contributed by atoms with Gasteiger partial charge in [0.15, 0.2) is 11.6 Å². The highest BCUT2D eigenvalue weighted by molar-refractivity contribution is 8.00. The maximum atomic E-state index is 12.8. The van der Waals surface area contributed by atoms with E-state index in [0.717, 1.165) is 18.2 Å². The fraction of sp³-hybridized carbons (Fsp3) is 0.400. The number of alkyl halides is 3. The summed E-state index contributed by atoms with van der Waals surface area (Å²) in [6, 6.07) is 1.45. The Labute approximate surface area is 99.2 Å². The van der Waals surface area contributed by atoms with Crippen molar-refractivity contribution in [1.29, 1.82) is 0 Å². The van der Waals surface area contributed by atoms with Crippen LogP contribution >= 0.6 is 11.8 Å². The molecule has 0 aliphatic carbocycles. The molecule has 2 atom stereocenters. The molecule has 1 aromatic carbocycles. The number of benzene rings is 1. The van der Waals surface area contributed by atoms with Crippen molar-refractivity contribution in [1.82, 2.24) is 0 Å². The third kappa shape index (κ3) is 3.85. The summed E-state index contributed by atoms with van der Waals surface area (Å²) in [4.78, 5) is -0.0106. The third-order valence-corrected chi connectivity index (χ3v) is 3.43. The van der Waals surface area contributed by atoms with Gasteiger partial charge in [-0.3, -0.25) is 0 Å². The molecule has 0 saturated heterocycles. The fourth-order valence-electron chi connectivity index (χ4n) is 1.17. The van der Waals surface area contributed by atoms with E-state index in [0.29, 0.717) is 11.8 Å². The summed E-state index contributed by atoms with van der Waals surface area (Å²) in [6.07, 6.45) is -4.50. The lowest BCUT2D eigenvalue weighted by atomic mass is 10.2. The molecule has 7 heteroatoms. The van der Waals surface area contributed by atoms with E-state index in [1.165, 1.54) is 6.92 Å². The van der Waals surface area contributed by atoms with Gasteiger partial charge < -0.3 is 5.73 Å². The molecule has 0 aromatic heterocycles. The molecule has 0 fully saturated rings. The standard InChI is InChI=1S/C10H10F5NS/c1-5(16)9(10(13,14)15)17-6-2-3-7(11)8(12)4-6/h2-5,9H,16H2,1H3. The first kappa shape index (κ1) is 14.2. The van der Waals surface area contributed by atoms with Crippen LogP contribution in [0.25, 0.3) is 0 Å². The quantitative estimate of drug-likeness (QED) is 0.674. The van der Waals surface area contributed by atoms with Crippen LogP contribution in [0.4, 0.5) is 22.0 Å². The summed E-state index contributed by atoms with van der Waals surface area (Å²) in [6.45, 7) is 1.21. The van der Waals surface area contributed by atoms with Crippen LogP contribution < -0.4 is 5.73 Å². The van der Waals surface area contributed by atoms with Crippen LogP contribution in [-0.4, -0.2) is 17.5 Å². The summed E-state index contributed by atoms with van der Waals surface area (Å²) in [7, 11) is 0. The van der Waals surface area contributed by atoms with E-state index in [-0.39, 0.29) is 4.90 Å². The third-order valence-electron chi connectivity index (χ3n) is 1.95. The molecule has 0 aliphatic heterocycles. The normalized spacial score (nSPS) is 15.7. The largest absolute Gasteiger partial charge is 0.402 e. The summed E-state index contributed by atoms with van der Waals surface area (Å²) in [5.74, 6) is -2.28. The number of thioether (sulfide) groups is 1. The first-order valence-corrected chi connectivity index (χ1v) is 5.54. The maximum absolute atomic E-state index is 12.8. The Hall–Kier alpha value is -0.820. The highest BCUT2D eigenvalue weighted by Crippen LogP contribution is 2.37. The molecule has 0 amide bonds. The van der Waals surface area contributed by atoms with Crippen molar-refractivity contribution in [2.75, 3.05) is 0 Å². The van der Waals surface area contributed by atoms with Gasteiger partial charge >= 0.3 is 6.18 Å². The summed E-state index contributed by atoms with van der Waals surface area (Å²) >= 11 is 0.370. The SMILES string of the molecule is CC(N)C(Sc1ccc(F)c(F)c1)C(F)(F)F. The summed E-state index contributed by atoms with van der Waals surface area (Å²) < 4.78 is 63.1. The minimum absolute atomic E-state index is 0.0106. The van der Waals surface area contributed by atoms with E-state index < -0.39 is 29.1 Å². The van der Waals surface area contributed by atoms with E-state index in [1.807, 2.05) is 0 Å². The van der Waals surface area contributed by atoms with Crippen LogP contribution in [0.5, 0.6) is 0 Å². The summed E-state index contributed by atoms with van der Waals surface area (Å²) in [5, 5.41) is -1.85. The van der Waals surface area contributed by atoms with Crippen molar-refractivity contribution in [3.8, 4) is 0 Å². The first-order chi connectivity index (χ1) is 7.71. The highest BCUT2D eigenvalue weighted by atomic mass is 32.2. The van der Waals surface area contributed by atoms with Gasteiger partial charge in [0.1, 0.15) is 5.25 Å². The van der Waals surface area contributed by atoms with Gasteiger partial charge in [0.05, 0.1) is 0 Å². The van der Waals surface area contributed by atoms with Crippen LogP contribution in [0, 0.1) is 11.6 Å². The average molecular weight is 271 g/mol. The minimum Gasteiger partial charge on any atom is -0.327 e. The molecule has 96 valence electrons. The molecule has 2 N–H and O–H groups in total. The predicted molar refractivity (Wildman–Crippen MR) is 55.7 cm³/mol. The smallest absolute Gasteiger partial charge is 0.327 e. The lowest BCUT2D eigenvalue weighted by Crippen LogP contribution is -2.40. The Morgan fingerprint density at radius 1 is 1.18 bits per heavy atom. The molecule has 0 spiro atoms. The van der Waals surface area contributed by atoms with Gasteiger partial charge in [-0.2, -0.15) is 13.2 Å². The monoisotopic (exact) mass is 271 g/mol. The Morgan fingerprint density at radius 2 is 1.76 bits per heavy atom. The van der Waals surface area contributed by atoms with Gasteiger partial charge in [-0.25, -0.2) is 8.78 Å². The van der Waals surface area contributed by atoms with Crippen LogP contribution in [-0.2, 0) is 0 Å². The van der Waals surface area contributed by atoms with Gasteiger partial charge in [-0.15, -0.1) is 11.8 Å².